The molecule has 1 aromatic rings. The molecule has 0 heterocycles. The number of ether oxygens (including phenoxy) is 1. The predicted octanol–water partition coefficient (Wildman–Crippen LogP) is 3.49. The van der Waals surface area contributed by atoms with E-state index in [0.29, 0.717) is 13.0 Å². The predicted molar refractivity (Wildman–Crippen MR) is 67.3 cm³/mol. The van der Waals surface area contributed by atoms with E-state index in [2.05, 4.69) is 22.5 Å². The SMILES string of the molecule is C=C(Br)COc1ccc2c(c1)C(=O)CCC2. The van der Waals surface area contributed by atoms with Gasteiger partial charge in [0.2, 0.25) is 0 Å². The summed E-state index contributed by atoms with van der Waals surface area (Å²) in [7, 11) is 0. The minimum Gasteiger partial charge on any atom is -0.488 e. The van der Waals surface area contributed by atoms with Gasteiger partial charge in [0.1, 0.15) is 12.4 Å². The molecule has 0 radical (unpaired) electrons. The molecular formula is C13H13BrO2. The lowest BCUT2D eigenvalue weighted by molar-refractivity contribution is 0.0972. The van der Waals surface area contributed by atoms with Crippen LogP contribution in [0.5, 0.6) is 5.75 Å². The van der Waals surface area contributed by atoms with Crippen molar-refractivity contribution in [2.75, 3.05) is 6.61 Å². The highest BCUT2D eigenvalue weighted by molar-refractivity contribution is 9.11. The lowest BCUT2D eigenvalue weighted by Crippen LogP contribution is -2.11. The van der Waals surface area contributed by atoms with E-state index in [1.807, 2.05) is 18.2 Å². The van der Waals surface area contributed by atoms with Crippen LogP contribution in [0.3, 0.4) is 0 Å². The minimum absolute atomic E-state index is 0.226. The van der Waals surface area contributed by atoms with Gasteiger partial charge in [-0.2, -0.15) is 0 Å². The van der Waals surface area contributed by atoms with E-state index in [1.54, 1.807) is 0 Å². The monoisotopic (exact) mass is 280 g/mol. The number of halogens is 1. The van der Waals surface area contributed by atoms with Gasteiger partial charge in [-0.1, -0.05) is 28.6 Å². The van der Waals surface area contributed by atoms with Crippen LogP contribution in [0, 0.1) is 0 Å². The highest BCUT2D eigenvalue weighted by atomic mass is 79.9. The number of aryl methyl sites for hydroxylation is 1. The molecule has 3 heteroatoms. The largest absolute Gasteiger partial charge is 0.488 e. The molecule has 0 unspecified atom stereocenters. The van der Waals surface area contributed by atoms with Crippen molar-refractivity contribution < 1.29 is 9.53 Å². The second-order valence-electron chi connectivity index (χ2n) is 3.90. The van der Waals surface area contributed by atoms with Crippen molar-refractivity contribution in [3.05, 3.63) is 40.4 Å². The minimum atomic E-state index is 0.226. The van der Waals surface area contributed by atoms with Crippen LogP contribution in [0.15, 0.2) is 29.3 Å². The van der Waals surface area contributed by atoms with Crippen molar-refractivity contribution in [2.24, 2.45) is 0 Å². The van der Waals surface area contributed by atoms with Crippen LogP contribution in [0.4, 0.5) is 0 Å². The van der Waals surface area contributed by atoms with Crippen LogP contribution in [-0.4, -0.2) is 12.4 Å². The fourth-order valence-corrected chi connectivity index (χ4v) is 1.97. The third-order valence-electron chi connectivity index (χ3n) is 2.63. The van der Waals surface area contributed by atoms with E-state index in [1.165, 1.54) is 0 Å². The average molecular weight is 281 g/mol. The summed E-state index contributed by atoms with van der Waals surface area (Å²) in [5.74, 6) is 0.957. The molecule has 1 aliphatic rings. The lowest BCUT2D eigenvalue weighted by atomic mass is 9.90. The van der Waals surface area contributed by atoms with Gasteiger partial charge in [-0.25, -0.2) is 0 Å². The van der Waals surface area contributed by atoms with Crippen molar-refractivity contribution in [3.8, 4) is 5.75 Å². The van der Waals surface area contributed by atoms with Crippen LogP contribution >= 0.6 is 15.9 Å². The molecule has 1 aromatic carbocycles. The molecule has 1 aliphatic carbocycles. The Morgan fingerprint density at radius 1 is 1.44 bits per heavy atom. The van der Waals surface area contributed by atoms with Crippen LogP contribution in [0.1, 0.15) is 28.8 Å². The first-order chi connectivity index (χ1) is 7.66. The maximum absolute atomic E-state index is 11.7. The van der Waals surface area contributed by atoms with Gasteiger partial charge < -0.3 is 4.74 Å². The normalized spacial score (nSPS) is 14.4. The third kappa shape index (κ3) is 2.53. The second kappa shape index (κ2) is 4.83. The first-order valence-corrected chi connectivity index (χ1v) is 6.08. The van der Waals surface area contributed by atoms with E-state index in [0.717, 1.165) is 34.2 Å². The van der Waals surface area contributed by atoms with Crippen molar-refractivity contribution in [1.29, 1.82) is 0 Å². The molecule has 0 spiro atoms. The summed E-state index contributed by atoms with van der Waals surface area (Å²) < 4.78 is 6.27. The zero-order chi connectivity index (χ0) is 11.5. The molecule has 0 aromatic heterocycles. The summed E-state index contributed by atoms with van der Waals surface area (Å²) in [6, 6.07) is 5.73. The molecule has 2 rings (SSSR count). The Morgan fingerprint density at radius 2 is 2.25 bits per heavy atom. The number of carbonyl (C=O) groups excluding carboxylic acids is 1. The van der Waals surface area contributed by atoms with E-state index in [4.69, 9.17) is 4.74 Å². The number of carbonyl (C=O) groups is 1. The highest BCUT2D eigenvalue weighted by Gasteiger charge is 2.17. The second-order valence-corrected chi connectivity index (χ2v) is 5.02. The highest BCUT2D eigenvalue weighted by Crippen LogP contribution is 2.25. The summed E-state index contributed by atoms with van der Waals surface area (Å²) >= 11 is 3.23. The maximum atomic E-state index is 11.7. The van der Waals surface area contributed by atoms with Gasteiger partial charge in [-0.3, -0.25) is 4.79 Å². The molecule has 0 saturated carbocycles. The Hall–Kier alpha value is -1.09. The first-order valence-electron chi connectivity index (χ1n) is 5.29. The van der Waals surface area contributed by atoms with Gasteiger partial charge in [-0.15, -0.1) is 0 Å². The van der Waals surface area contributed by atoms with E-state index < -0.39 is 0 Å². The zero-order valence-electron chi connectivity index (χ0n) is 8.96. The van der Waals surface area contributed by atoms with Gasteiger partial charge in [0.05, 0.1) is 0 Å². The van der Waals surface area contributed by atoms with Gasteiger partial charge in [0.15, 0.2) is 5.78 Å². The first kappa shape index (κ1) is 11.4. The average Bonchev–Trinajstić information content (AvgIpc) is 2.27. The standard InChI is InChI=1S/C13H13BrO2/c1-9(14)8-16-11-6-5-10-3-2-4-13(15)12(10)7-11/h5-7H,1-4,8H2. The Labute approximate surface area is 103 Å². The summed E-state index contributed by atoms with van der Waals surface area (Å²) in [6.45, 7) is 4.12. The summed E-state index contributed by atoms with van der Waals surface area (Å²) in [6.07, 6.45) is 2.61. The zero-order valence-corrected chi connectivity index (χ0v) is 10.5. The fraction of sp³-hybridized carbons (Fsp3) is 0.308. The number of Topliss-reactive ketones (excluding diaryl/α,β-unsaturated/α-hetero) is 1. The molecule has 84 valence electrons. The van der Waals surface area contributed by atoms with E-state index >= 15 is 0 Å². The van der Waals surface area contributed by atoms with E-state index in [-0.39, 0.29) is 5.78 Å². The molecule has 2 nitrogen and oxygen atoms in total. The molecule has 0 bridgehead atoms. The summed E-state index contributed by atoms with van der Waals surface area (Å²) in [5, 5.41) is 0. The fourth-order valence-electron chi connectivity index (χ4n) is 1.86. The van der Waals surface area contributed by atoms with Crippen molar-refractivity contribution in [3.63, 3.8) is 0 Å². The molecule has 0 amide bonds. The van der Waals surface area contributed by atoms with Gasteiger partial charge >= 0.3 is 0 Å². The summed E-state index contributed by atoms with van der Waals surface area (Å²) in [4.78, 5) is 11.7. The quantitative estimate of drug-likeness (QED) is 0.847. The van der Waals surface area contributed by atoms with Crippen LogP contribution in [0.2, 0.25) is 0 Å². The molecule has 0 fully saturated rings. The van der Waals surface area contributed by atoms with E-state index in [9.17, 15) is 4.79 Å². The number of ketones is 1. The van der Waals surface area contributed by atoms with Crippen molar-refractivity contribution >= 4 is 21.7 Å². The third-order valence-corrected chi connectivity index (χ3v) is 2.86. The molecular weight excluding hydrogens is 268 g/mol. The molecule has 0 atom stereocenters. The summed E-state index contributed by atoms with van der Waals surface area (Å²) in [5.41, 5.74) is 1.96. The number of hydrogen-bond acceptors (Lipinski definition) is 2. The lowest BCUT2D eigenvalue weighted by Gasteiger charge is -2.15. The van der Waals surface area contributed by atoms with Crippen LogP contribution in [-0.2, 0) is 6.42 Å². The molecule has 16 heavy (non-hydrogen) atoms. The number of hydrogen-bond donors (Lipinski definition) is 0. The van der Waals surface area contributed by atoms with Crippen molar-refractivity contribution in [2.45, 2.75) is 19.3 Å². The Balaban J connectivity index is 2.20. The van der Waals surface area contributed by atoms with Gasteiger partial charge in [-0.05, 0) is 30.5 Å². The Morgan fingerprint density at radius 3 is 3.00 bits per heavy atom. The number of fused-ring (bicyclic) bond motifs is 1. The molecule has 0 N–H and O–H groups in total. The van der Waals surface area contributed by atoms with Crippen LogP contribution < -0.4 is 4.74 Å². The molecule has 0 saturated heterocycles. The molecule has 0 aliphatic heterocycles. The Bertz CT molecular complexity index is 438. The number of rotatable bonds is 3. The van der Waals surface area contributed by atoms with Gasteiger partial charge in [0, 0.05) is 16.5 Å². The van der Waals surface area contributed by atoms with Gasteiger partial charge in [0.25, 0.3) is 0 Å². The Kier molecular flexibility index (Phi) is 3.44. The number of benzene rings is 1. The topological polar surface area (TPSA) is 26.3 Å². The van der Waals surface area contributed by atoms with Crippen LogP contribution in [0.25, 0.3) is 0 Å². The smallest absolute Gasteiger partial charge is 0.163 e. The maximum Gasteiger partial charge on any atom is 0.163 e. The van der Waals surface area contributed by atoms with Crippen molar-refractivity contribution in [1.82, 2.24) is 0 Å².